The van der Waals surface area contributed by atoms with Crippen LogP contribution in [0.15, 0.2) is 65.1 Å². The van der Waals surface area contributed by atoms with Crippen molar-refractivity contribution in [1.82, 2.24) is 0 Å². The molecule has 6 nitrogen and oxygen atoms in total. The summed E-state index contributed by atoms with van der Waals surface area (Å²) in [7, 11) is 6.30. The Labute approximate surface area is 195 Å². The van der Waals surface area contributed by atoms with E-state index in [0.717, 1.165) is 21.3 Å². The normalized spacial score (nSPS) is 17.5. The summed E-state index contributed by atoms with van der Waals surface area (Å²) >= 11 is 3.58. The molecule has 1 saturated heterocycles. The highest BCUT2D eigenvalue weighted by Crippen LogP contribution is 2.52. The fourth-order valence-corrected chi connectivity index (χ4v) is 4.73. The van der Waals surface area contributed by atoms with Crippen LogP contribution in [0.3, 0.4) is 0 Å². The molecule has 1 aliphatic heterocycles. The van der Waals surface area contributed by atoms with Gasteiger partial charge < -0.3 is 23.8 Å². The van der Waals surface area contributed by atoms with Gasteiger partial charge in [-0.2, -0.15) is 0 Å². The van der Waals surface area contributed by atoms with E-state index in [4.69, 9.17) is 18.9 Å². The number of ether oxygens (including phenoxy) is 4. The number of nitrogens with zero attached hydrogens (tertiary/aromatic N) is 1. The van der Waals surface area contributed by atoms with Crippen molar-refractivity contribution in [2.75, 3.05) is 33.3 Å². The Morgan fingerprint density at radius 1 is 0.750 bits per heavy atom. The van der Waals surface area contributed by atoms with Gasteiger partial charge in [-0.1, -0.05) is 36.4 Å². The smallest absolute Gasteiger partial charge is 0.237 e. The number of methoxy groups -OCH3 is 4. The summed E-state index contributed by atoms with van der Waals surface area (Å²) in [6.45, 7) is 0. The zero-order chi connectivity index (χ0) is 22.8. The molecule has 7 heteroatoms. The van der Waals surface area contributed by atoms with Crippen molar-refractivity contribution in [3.63, 3.8) is 0 Å². The van der Waals surface area contributed by atoms with Gasteiger partial charge in [-0.05, 0) is 39.2 Å². The van der Waals surface area contributed by atoms with E-state index in [-0.39, 0.29) is 17.9 Å². The van der Waals surface area contributed by atoms with Crippen LogP contribution in [0.5, 0.6) is 23.0 Å². The van der Waals surface area contributed by atoms with Gasteiger partial charge in [0.1, 0.15) is 5.75 Å². The molecule has 166 valence electrons. The van der Waals surface area contributed by atoms with E-state index in [1.165, 1.54) is 0 Å². The zero-order valence-corrected chi connectivity index (χ0v) is 19.9. The lowest BCUT2D eigenvalue weighted by molar-refractivity contribution is -0.126. The highest BCUT2D eigenvalue weighted by Gasteiger charge is 2.50. The van der Waals surface area contributed by atoms with Gasteiger partial charge in [0.15, 0.2) is 11.5 Å². The number of hydrogen-bond acceptors (Lipinski definition) is 5. The summed E-state index contributed by atoms with van der Waals surface area (Å²) in [5.74, 6) is 1.89. The average Bonchev–Trinajstić information content (AvgIpc) is 2.82. The number of carbonyl (C=O) groups is 1. The van der Waals surface area contributed by atoms with E-state index in [0.29, 0.717) is 22.9 Å². The third-order valence-corrected chi connectivity index (χ3v) is 6.32. The summed E-state index contributed by atoms with van der Waals surface area (Å²) in [5.41, 5.74) is 2.63. The average molecular weight is 498 g/mol. The first kappa shape index (κ1) is 22.0. The van der Waals surface area contributed by atoms with Gasteiger partial charge in [-0.3, -0.25) is 4.79 Å². The number of hydrogen-bond donors (Lipinski definition) is 0. The van der Waals surface area contributed by atoms with Crippen molar-refractivity contribution in [2.45, 2.75) is 12.0 Å². The fraction of sp³-hybridized carbons (Fsp3) is 0.240. The maximum Gasteiger partial charge on any atom is 0.237 e. The first-order chi connectivity index (χ1) is 15.5. The summed E-state index contributed by atoms with van der Waals surface area (Å²) < 4.78 is 22.7. The Balaban J connectivity index is 1.84. The maximum absolute atomic E-state index is 13.5. The fourth-order valence-electron chi connectivity index (χ4n) is 4.18. The van der Waals surface area contributed by atoms with E-state index in [2.05, 4.69) is 15.9 Å². The van der Waals surface area contributed by atoms with E-state index >= 15 is 0 Å². The van der Waals surface area contributed by atoms with Crippen molar-refractivity contribution < 1.29 is 23.7 Å². The molecule has 4 rings (SSSR count). The number of halogens is 1. The number of benzene rings is 3. The van der Waals surface area contributed by atoms with Crippen molar-refractivity contribution in [3.05, 3.63) is 76.3 Å². The molecule has 0 aromatic heterocycles. The summed E-state index contributed by atoms with van der Waals surface area (Å²) in [5, 5.41) is 0. The van der Waals surface area contributed by atoms with Crippen LogP contribution in [-0.4, -0.2) is 34.3 Å². The van der Waals surface area contributed by atoms with Crippen molar-refractivity contribution in [3.8, 4) is 23.0 Å². The Morgan fingerprint density at radius 2 is 1.38 bits per heavy atom. The van der Waals surface area contributed by atoms with Crippen molar-refractivity contribution in [1.29, 1.82) is 0 Å². The van der Waals surface area contributed by atoms with E-state index in [1.807, 2.05) is 48.5 Å². The van der Waals surface area contributed by atoms with Crippen LogP contribution in [0, 0.1) is 0 Å². The van der Waals surface area contributed by atoms with Gasteiger partial charge >= 0.3 is 0 Å². The Hall–Kier alpha value is -3.19. The van der Waals surface area contributed by atoms with Crippen molar-refractivity contribution in [2.24, 2.45) is 0 Å². The summed E-state index contributed by atoms with van der Waals surface area (Å²) in [6, 6.07) is 19.1. The molecule has 1 aliphatic rings. The third kappa shape index (κ3) is 3.66. The van der Waals surface area contributed by atoms with Crippen LogP contribution in [0.4, 0.5) is 5.69 Å². The Bertz CT molecular complexity index is 1110. The predicted molar refractivity (Wildman–Crippen MR) is 126 cm³/mol. The van der Waals surface area contributed by atoms with Crippen LogP contribution in [-0.2, 0) is 4.79 Å². The second-order valence-electron chi connectivity index (χ2n) is 7.32. The van der Waals surface area contributed by atoms with E-state index < -0.39 is 0 Å². The minimum Gasteiger partial charge on any atom is -0.496 e. The van der Waals surface area contributed by atoms with Gasteiger partial charge in [0, 0.05) is 12.1 Å². The van der Waals surface area contributed by atoms with Crippen molar-refractivity contribution >= 4 is 27.5 Å². The summed E-state index contributed by atoms with van der Waals surface area (Å²) in [4.78, 5) is 15.3. The summed E-state index contributed by atoms with van der Waals surface area (Å²) in [6.07, 6.45) is 0. The minimum atomic E-state index is -0.310. The number of anilines is 1. The van der Waals surface area contributed by atoms with Crippen LogP contribution >= 0.6 is 15.9 Å². The van der Waals surface area contributed by atoms with Crippen LogP contribution < -0.4 is 23.8 Å². The van der Waals surface area contributed by atoms with Crippen LogP contribution in [0.1, 0.15) is 23.1 Å². The molecule has 0 aliphatic carbocycles. The molecule has 0 bridgehead atoms. The molecule has 1 amide bonds. The SMILES string of the molecule is COc1ccc([C@H]2[C@H](c3ccccc3)C(=O)N2c2cc(OC)c(OC)c(OC)c2)cc1Br. The lowest BCUT2D eigenvalue weighted by Crippen LogP contribution is -2.53. The number of carbonyl (C=O) groups excluding carboxylic acids is 1. The first-order valence-corrected chi connectivity index (χ1v) is 10.8. The molecule has 0 unspecified atom stereocenters. The molecule has 2 atom stereocenters. The quantitative estimate of drug-likeness (QED) is 0.411. The molecular weight excluding hydrogens is 474 g/mol. The van der Waals surface area contributed by atoms with E-state index in [9.17, 15) is 4.79 Å². The highest BCUT2D eigenvalue weighted by molar-refractivity contribution is 9.10. The molecule has 3 aromatic rings. The van der Waals surface area contributed by atoms with E-state index in [1.54, 1.807) is 45.5 Å². The molecular formula is C25H24BrNO5. The lowest BCUT2D eigenvalue weighted by atomic mass is 9.77. The molecule has 0 saturated carbocycles. The number of β-lactam (4-membered cyclic amide) rings is 1. The predicted octanol–water partition coefficient (Wildman–Crippen LogP) is 5.36. The molecule has 0 radical (unpaired) electrons. The second kappa shape index (κ2) is 9.12. The zero-order valence-electron chi connectivity index (χ0n) is 18.3. The second-order valence-corrected chi connectivity index (χ2v) is 8.17. The standard InChI is InChI=1S/C25H24BrNO5/c1-29-19-11-10-16(12-18(19)26)23-22(15-8-6-5-7-9-15)25(28)27(23)17-13-20(30-2)24(32-4)21(14-17)31-3/h5-14,22-23H,1-4H3/t22-,23-/m0/s1. The molecule has 32 heavy (non-hydrogen) atoms. The van der Waals surface area contributed by atoms with Gasteiger partial charge in [0.05, 0.1) is 50.6 Å². The molecule has 0 N–H and O–H groups in total. The van der Waals surface area contributed by atoms with Gasteiger partial charge in [-0.15, -0.1) is 0 Å². The minimum absolute atomic E-state index is 0.00223. The lowest BCUT2D eigenvalue weighted by Gasteiger charge is -2.48. The monoisotopic (exact) mass is 497 g/mol. The first-order valence-electron chi connectivity index (χ1n) is 10.1. The largest absolute Gasteiger partial charge is 0.496 e. The third-order valence-electron chi connectivity index (χ3n) is 5.70. The van der Waals surface area contributed by atoms with Crippen LogP contribution in [0.25, 0.3) is 0 Å². The highest BCUT2D eigenvalue weighted by atomic mass is 79.9. The van der Waals surface area contributed by atoms with Gasteiger partial charge in [0.2, 0.25) is 11.7 Å². The number of rotatable bonds is 7. The molecule has 0 spiro atoms. The van der Waals surface area contributed by atoms with Gasteiger partial charge in [0.25, 0.3) is 0 Å². The van der Waals surface area contributed by atoms with Gasteiger partial charge in [-0.25, -0.2) is 0 Å². The maximum atomic E-state index is 13.5. The molecule has 1 heterocycles. The topological polar surface area (TPSA) is 57.2 Å². The Kier molecular flexibility index (Phi) is 6.28. The Morgan fingerprint density at radius 3 is 1.91 bits per heavy atom. The molecule has 3 aromatic carbocycles. The van der Waals surface area contributed by atoms with Crippen LogP contribution in [0.2, 0.25) is 0 Å². The number of amides is 1. The molecule has 1 fully saturated rings.